The Kier molecular flexibility index (Phi) is 3.53. The molecule has 0 atom stereocenters. The summed E-state index contributed by atoms with van der Waals surface area (Å²) < 4.78 is 1.27. The molecule has 2 saturated carbocycles. The molecule has 0 spiro atoms. The lowest BCUT2D eigenvalue weighted by molar-refractivity contribution is 0.281. The van der Waals surface area contributed by atoms with Gasteiger partial charge < -0.3 is 5.32 Å². The summed E-state index contributed by atoms with van der Waals surface area (Å²) in [4.78, 5) is 0. The summed E-state index contributed by atoms with van der Waals surface area (Å²) in [5.74, 6) is 1.57. The molecule has 0 bridgehead atoms. The van der Waals surface area contributed by atoms with Gasteiger partial charge in [0.2, 0.25) is 0 Å². The number of benzene rings is 1. The van der Waals surface area contributed by atoms with Gasteiger partial charge >= 0.3 is 0 Å². The van der Waals surface area contributed by atoms with Crippen LogP contribution in [-0.2, 0) is 0 Å². The SMILES string of the molecule is CC1(C)C(CNC2CC(c3ccccc3Br)C2)C1(C)C. The fourth-order valence-electron chi connectivity index (χ4n) is 3.97. The fourth-order valence-corrected chi connectivity index (χ4v) is 4.58. The molecular weight excluding hydrogens is 310 g/mol. The summed E-state index contributed by atoms with van der Waals surface area (Å²) in [6.45, 7) is 10.8. The molecule has 2 aliphatic rings. The van der Waals surface area contributed by atoms with E-state index in [1.54, 1.807) is 0 Å². The van der Waals surface area contributed by atoms with Crippen LogP contribution in [0.5, 0.6) is 0 Å². The molecule has 2 heteroatoms. The number of rotatable bonds is 4. The van der Waals surface area contributed by atoms with E-state index >= 15 is 0 Å². The Bertz CT molecular complexity index is 486. The van der Waals surface area contributed by atoms with E-state index in [1.807, 2.05) is 0 Å². The molecule has 0 aliphatic heterocycles. The molecule has 0 saturated heterocycles. The largest absolute Gasteiger partial charge is 0.314 e. The molecule has 1 aromatic rings. The summed E-state index contributed by atoms with van der Waals surface area (Å²) in [5, 5.41) is 3.80. The minimum atomic E-state index is 0.506. The summed E-state index contributed by atoms with van der Waals surface area (Å²) in [6.07, 6.45) is 2.58. The van der Waals surface area contributed by atoms with Crippen molar-refractivity contribution in [2.24, 2.45) is 16.7 Å². The van der Waals surface area contributed by atoms with Gasteiger partial charge in [-0.2, -0.15) is 0 Å². The van der Waals surface area contributed by atoms with Crippen molar-refractivity contribution in [2.45, 2.75) is 52.5 Å². The maximum absolute atomic E-state index is 3.80. The second-order valence-corrected chi connectivity index (χ2v) is 8.65. The van der Waals surface area contributed by atoms with Crippen LogP contribution >= 0.6 is 15.9 Å². The zero-order valence-electron chi connectivity index (χ0n) is 13.0. The summed E-state index contributed by atoms with van der Waals surface area (Å²) >= 11 is 3.67. The van der Waals surface area contributed by atoms with E-state index in [0.717, 1.165) is 17.9 Å². The average molecular weight is 336 g/mol. The molecule has 0 amide bonds. The maximum Gasteiger partial charge on any atom is 0.0210 e. The lowest BCUT2D eigenvalue weighted by atomic mass is 9.76. The Morgan fingerprint density at radius 2 is 1.70 bits per heavy atom. The van der Waals surface area contributed by atoms with Gasteiger partial charge in [0.1, 0.15) is 0 Å². The molecule has 0 radical (unpaired) electrons. The molecule has 1 N–H and O–H groups in total. The third-order valence-electron chi connectivity index (χ3n) is 6.41. The van der Waals surface area contributed by atoms with Crippen molar-refractivity contribution in [1.29, 1.82) is 0 Å². The topological polar surface area (TPSA) is 12.0 Å². The lowest BCUT2D eigenvalue weighted by Crippen LogP contribution is -2.41. The zero-order chi connectivity index (χ0) is 14.5. The third-order valence-corrected chi connectivity index (χ3v) is 7.14. The summed E-state index contributed by atoms with van der Waals surface area (Å²) in [6, 6.07) is 9.39. The van der Waals surface area contributed by atoms with Gasteiger partial charge in [0.15, 0.2) is 0 Å². The van der Waals surface area contributed by atoms with Crippen molar-refractivity contribution in [3.05, 3.63) is 34.3 Å². The molecule has 2 fully saturated rings. The molecule has 20 heavy (non-hydrogen) atoms. The number of halogens is 1. The van der Waals surface area contributed by atoms with Crippen molar-refractivity contribution in [2.75, 3.05) is 6.54 Å². The maximum atomic E-state index is 3.80. The lowest BCUT2D eigenvalue weighted by Gasteiger charge is -2.37. The first-order valence-electron chi connectivity index (χ1n) is 7.82. The molecule has 2 aliphatic carbocycles. The van der Waals surface area contributed by atoms with Crippen molar-refractivity contribution in [1.82, 2.24) is 5.32 Å². The van der Waals surface area contributed by atoms with Gasteiger partial charge in [-0.05, 0) is 53.7 Å². The van der Waals surface area contributed by atoms with Crippen LogP contribution in [0.2, 0.25) is 0 Å². The molecule has 1 aromatic carbocycles. The van der Waals surface area contributed by atoms with Crippen LogP contribution in [0.4, 0.5) is 0 Å². The molecule has 0 aromatic heterocycles. The summed E-state index contributed by atoms with van der Waals surface area (Å²) in [5.41, 5.74) is 2.50. The first-order valence-corrected chi connectivity index (χ1v) is 8.61. The van der Waals surface area contributed by atoms with E-state index in [4.69, 9.17) is 0 Å². The van der Waals surface area contributed by atoms with E-state index in [9.17, 15) is 0 Å². The van der Waals surface area contributed by atoms with Crippen molar-refractivity contribution < 1.29 is 0 Å². The minimum absolute atomic E-state index is 0.506. The molecule has 0 heterocycles. The highest BCUT2D eigenvalue weighted by atomic mass is 79.9. The number of hydrogen-bond acceptors (Lipinski definition) is 1. The predicted octanol–water partition coefficient (Wildman–Crippen LogP) is 4.97. The molecule has 110 valence electrons. The van der Waals surface area contributed by atoms with Crippen LogP contribution in [-0.4, -0.2) is 12.6 Å². The Morgan fingerprint density at radius 3 is 2.25 bits per heavy atom. The smallest absolute Gasteiger partial charge is 0.0210 e. The van der Waals surface area contributed by atoms with Crippen LogP contribution < -0.4 is 5.32 Å². The van der Waals surface area contributed by atoms with E-state index in [0.29, 0.717) is 10.8 Å². The summed E-state index contributed by atoms with van der Waals surface area (Å²) in [7, 11) is 0. The molecule has 1 nitrogen and oxygen atoms in total. The van der Waals surface area contributed by atoms with Crippen LogP contribution in [0.3, 0.4) is 0 Å². The van der Waals surface area contributed by atoms with Crippen LogP contribution in [0.1, 0.15) is 52.0 Å². The van der Waals surface area contributed by atoms with Crippen LogP contribution in [0.25, 0.3) is 0 Å². The first kappa shape index (κ1) is 14.6. The average Bonchev–Trinajstić information content (AvgIpc) is 2.71. The monoisotopic (exact) mass is 335 g/mol. The van der Waals surface area contributed by atoms with Gasteiger partial charge in [0.25, 0.3) is 0 Å². The Labute approximate surface area is 131 Å². The van der Waals surface area contributed by atoms with Crippen LogP contribution in [0, 0.1) is 16.7 Å². The van der Waals surface area contributed by atoms with Crippen molar-refractivity contribution >= 4 is 15.9 Å². The van der Waals surface area contributed by atoms with Crippen molar-refractivity contribution in [3.63, 3.8) is 0 Å². The Hall–Kier alpha value is -0.340. The van der Waals surface area contributed by atoms with E-state index in [-0.39, 0.29) is 0 Å². The van der Waals surface area contributed by atoms with Gasteiger partial charge in [-0.15, -0.1) is 0 Å². The van der Waals surface area contributed by atoms with E-state index < -0.39 is 0 Å². The standard InChI is InChI=1S/C18H26BrN/c1-17(2)16(18(17,3)4)11-20-13-9-12(10-13)14-7-5-6-8-15(14)19/h5-8,12-13,16,20H,9-11H2,1-4H3. The third kappa shape index (κ3) is 2.25. The van der Waals surface area contributed by atoms with E-state index in [2.05, 4.69) is 73.2 Å². The van der Waals surface area contributed by atoms with Gasteiger partial charge in [-0.3, -0.25) is 0 Å². The second kappa shape index (κ2) is 4.84. The molecular formula is C18H26BrN. The van der Waals surface area contributed by atoms with Gasteiger partial charge in [0, 0.05) is 10.5 Å². The first-order chi connectivity index (χ1) is 9.34. The highest BCUT2D eigenvalue weighted by Crippen LogP contribution is 2.68. The fraction of sp³-hybridized carbons (Fsp3) is 0.667. The number of hydrogen-bond donors (Lipinski definition) is 1. The van der Waals surface area contributed by atoms with Crippen LogP contribution in [0.15, 0.2) is 28.7 Å². The van der Waals surface area contributed by atoms with Gasteiger partial charge in [0.05, 0.1) is 0 Å². The predicted molar refractivity (Wildman–Crippen MR) is 89.0 cm³/mol. The zero-order valence-corrected chi connectivity index (χ0v) is 14.6. The van der Waals surface area contributed by atoms with Gasteiger partial charge in [-0.1, -0.05) is 61.8 Å². The normalized spacial score (nSPS) is 30.9. The number of nitrogens with one attached hydrogen (secondary N) is 1. The Morgan fingerprint density at radius 1 is 1.10 bits per heavy atom. The highest BCUT2D eigenvalue weighted by molar-refractivity contribution is 9.10. The van der Waals surface area contributed by atoms with Crippen molar-refractivity contribution in [3.8, 4) is 0 Å². The second-order valence-electron chi connectivity index (χ2n) is 7.79. The molecule has 0 unspecified atom stereocenters. The quantitative estimate of drug-likeness (QED) is 0.819. The van der Waals surface area contributed by atoms with Gasteiger partial charge in [-0.25, -0.2) is 0 Å². The molecule has 3 rings (SSSR count). The highest BCUT2D eigenvalue weighted by Gasteiger charge is 2.64. The minimum Gasteiger partial charge on any atom is -0.314 e. The Balaban J connectivity index is 1.47. The van der Waals surface area contributed by atoms with E-state index in [1.165, 1.54) is 29.4 Å².